The SMILES string of the molecule is CC(=O)O.CC(C)CCC[C@@H](C)[C@H]1CCC2C3CC=C4C[C@@H](OCCCC(=O)CCC(=O)O)CC[C@]4(C)C3CC[C@@]21C.O=C(O)C(=O)O.[CH2-][C@H]1CCCC[C@@H]1[NH-].[Pt+2]. The number of carboxylic acids is 4. The van der Waals surface area contributed by atoms with Crippen LogP contribution in [0.2, 0.25) is 0 Å². The average molecular weight is 985 g/mol. The van der Waals surface area contributed by atoms with E-state index in [-0.39, 0.29) is 51.8 Å². The fraction of sp³-hybridized carbons (Fsp3) is 0.822. The normalized spacial score (nSPS) is 31.6. The Balaban J connectivity index is 0.000000706. The molecule has 0 bridgehead atoms. The third kappa shape index (κ3) is 16.8. The molecule has 0 amide bonds. The van der Waals surface area contributed by atoms with Gasteiger partial charge in [0.15, 0.2) is 0 Å². The summed E-state index contributed by atoms with van der Waals surface area (Å²) in [4.78, 5) is 49.7. The molecule has 4 fully saturated rings. The number of rotatable bonds is 13. The Hall–Kier alpha value is -2.10. The van der Waals surface area contributed by atoms with Crippen LogP contribution in [0.25, 0.3) is 5.73 Å². The zero-order chi connectivity index (χ0) is 42.2. The van der Waals surface area contributed by atoms with E-state index in [1.165, 1.54) is 77.0 Å². The van der Waals surface area contributed by atoms with Crippen LogP contribution in [-0.2, 0) is 49.8 Å². The van der Waals surface area contributed by atoms with E-state index in [9.17, 15) is 9.59 Å². The van der Waals surface area contributed by atoms with E-state index in [4.69, 9.17) is 45.3 Å². The summed E-state index contributed by atoms with van der Waals surface area (Å²) in [6.07, 6.45) is 23.6. The van der Waals surface area contributed by atoms with Crippen LogP contribution < -0.4 is 0 Å². The number of carbonyl (C=O) groups is 5. The maximum absolute atomic E-state index is 11.9. The Labute approximate surface area is 357 Å². The number of hydrogen-bond donors (Lipinski definition) is 4. The maximum Gasteiger partial charge on any atom is 2.00 e. The molecule has 5 rings (SSSR count). The minimum absolute atomic E-state index is 0. The van der Waals surface area contributed by atoms with Crippen LogP contribution >= 0.6 is 0 Å². The summed E-state index contributed by atoms with van der Waals surface area (Å²) in [5, 5.41) is 30.9. The van der Waals surface area contributed by atoms with Crippen molar-refractivity contribution in [1.82, 2.24) is 0 Å². The number of fused-ring (bicyclic) bond motifs is 5. The average Bonchev–Trinajstić information content (AvgIpc) is 3.48. The van der Waals surface area contributed by atoms with Gasteiger partial charge in [-0.3, -0.25) is 14.4 Å². The van der Waals surface area contributed by atoms with Gasteiger partial charge in [-0.2, -0.15) is 12.0 Å². The molecular formula is C45H75NO10Pt. The first-order chi connectivity index (χ1) is 26.2. The number of ketones is 1. The minimum atomic E-state index is -1.82. The summed E-state index contributed by atoms with van der Waals surface area (Å²) >= 11 is 0. The molecule has 5 aliphatic rings. The number of ether oxygens (including phenoxy) is 1. The summed E-state index contributed by atoms with van der Waals surface area (Å²) < 4.78 is 6.25. The Morgan fingerprint density at radius 3 is 2.02 bits per heavy atom. The summed E-state index contributed by atoms with van der Waals surface area (Å²) in [7, 11) is 0. The first-order valence-electron chi connectivity index (χ1n) is 21.5. The molecule has 0 aromatic rings. The molecule has 0 saturated heterocycles. The van der Waals surface area contributed by atoms with E-state index in [1.807, 2.05) is 0 Å². The van der Waals surface area contributed by atoms with Crippen molar-refractivity contribution < 1.29 is 70.2 Å². The van der Waals surface area contributed by atoms with Crippen molar-refractivity contribution in [3.8, 4) is 0 Å². The topological polar surface area (TPSA) is 199 Å². The minimum Gasteiger partial charge on any atom is -0.677 e. The molecule has 11 nitrogen and oxygen atoms in total. The zero-order valence-corrected chi connectivity index (χ0v) is 37.9. The van der Waals surface area contributed by atoms with Crippen molar-refractivity contribution in [3.63, 3.8) is 0 Å². The number of Topliss-reactive ketones (excluding diaryl/α,β-unsaturated/α-hetero) is 1. The summed E-state index contributed by atoms with van der Waals surface area (Å²) in [6.45, 7) is 18.1. The predicted octanol–water partition coefficient (Wildman–Crippen LogP) is 10.3. The Kier molecular flexibility index (Phi) is 23.7. The third-order valence-electron chi connectivity index (χ3n) is 13.9. The van der Waals surface area contributed by atoms with E-state index in [0.29, 0.717) is 36.2 Å². The number of aliphatic carboxylic acids is 4. The molecule has 330 valence electrons. The number of hydrogen-bond acceptors (Lipinski definition) is 6. The van der Waals surface area contributed by atoms with Gasteiger partial charge in [-0.05, 0) is 104 Å². The zero-order valence-electron chi connectivity index (χ0n) is 35.7. The van der Waals surface area contributed by atoms with Crippen molar-refractivity contribution in [3.05, 3.63) is 24.3 Å². The molecule has 0 aromatic heterocycles. The molecule has 0 radical (unpaired) electrons. The summed E-state index contributed by atoms with van der Waals surface area (Å²) in [5.41, 5.74) is 9.96. The molecule has 0 heterocycles. The molecule has 5 aliphatic carbocycles. The van der Waals surface area contributed by atoms with E-state index in [0.717, 1.165) is 61.7 Å². The predicted molar refractivity (Wildman–Crippen MR) is 218 cm³/mol. The van der Waals surface area contributed by atoms with Gasteiger partial charge in [-0.15, -0.1) is 0 Å². The number of carboxylic acid groups (broad SMARTS) is 4. The summed E-state index contributed by atoms with van der Waals surface area (Å²) in [5.74, 6) is 0.294. The molecule has 3 unspecified atom stereocenters. The summed E-state index contributed by atoms with van der Waals surface area (Å²) in [6, 6.07) is 0.142. The third-order valence-corrected chi connectivity index (χ3v) is 13.9. The van der Waals surface area contributed by atoms with Crippen molar-refractivity contribution in [1.29, 1.82) is 0 Å². The fourth-order valence-electron chi connectivity index (χ4n) is 10.9. The quantitative estimate of drug-likeness (QED) is 0.0596. The number of allylic oxidation sites excluding steroid dienone is 1. The fourth-order valence-corrected chi connectivity index (χ4v) is 10.9. The van der Waals surface area contributed by atoms with Gasteiger partial charge < -0.3 is 37.8 Å². The first-order valence-corrected chi connectivity index (χ1v) is 21.5. The molecule has 4 saturated carbocycles. The molecule has 0 aromatic carbocycles. The maximum atomic E-state index is 11.9. The van der Waals surface area contributed by atoms with E-state index in [2.05, 4.69) is 47.6 Å². The van der Waals surface area contributed by atoms with Crippen LogP contribution in [0.4, 0.5) is 0 Å². The van der Waals surface area contributed by atoms with Gasteiger partial charge in [0.1, 0.15) is 5.78 Å². The number of nitrogens with one attached hydrogen (secondary N) is 1. The van der Waals surface area contributed by atoms with E-state index >= 15 is 0 Å². The van der Waals surface area contributed by atoms with Crippen LogP contribution in [0.3, 0.4) is 0 Å². The van der Waals surface area contributed by atoms with Gasteiger partial charge in [0.25, 0.3) is 5.97 Å². The second kappa shape index (κ2) is 25.5. The standard InChI is InChI=1S/C34H56O4.C7H13N.C2H2O4.C2H4O2.Pt/c1-23(2)8-6-9-24(3)29-14-15-30-28-13-11-25-22-27(38-21-7-10-26(35)12-16-32(36)37)17-19-33(25,4)31(28)18-20-34(29,30)5;1-6-4-2-3-5-7(6)8;3-1(4)2(5)6;1-2(3)4;/h11,23-24,27-31H,6-10,12-22H2,1-5H3,(H,36,37);6-8H,1-5H2;(H,3,4)(H,5,6);1H3,(H,3,4);/q;-2;;;+2/t24-,27+,28?,29-,30?,31?,33+,34-;6-,7-;;;/m10.../s1. The molecule has 5 N–H and O–H groups in total. The van der Waals surface area contributed by atoms with Gasteiger partial charge in [0.05, 0.1) is 12.5 Å². The second-order valence-electron chi connectivity index (χ2n) is 18.3. The molecular weight excluding hydrogens is 910 g/mol. The van der Waals surface area contributed by atoms with Crippen LogP contribution in [0.5, 0.6) is 0 Å². The van der Waals surface area contributed by atoms with Gasteiger partial charge in [0.2, 0.25) is 0 Å². The molecule has 57 heavy (non-hydrogen) atoms. The monoisotopic (exact) mass is 985 g/mol. The van der Waals surface area contributed by atoms with Crippen molar-refractivity contribution in [2.24, 2.45) is 52.3 Å². The largest absolute Gasteiger partial charge is 2.00 e. The Bertz CT molecular complexity index is 1290. The van der Waals surface area contributed by atoms with Crippen molar-refractivity contribution in [2.75, 3.05) is 6.61 Å². The van der Waals surface area contributed by atoms with Crippen molar-refractivity contribution >= 4 is 29.7 Å². The molecule has 10 atom stereocenters. The van der Waals surface area contributed by atoms with Gasteiger partial charge >= 0.3 is 39.0 Å². The van der Waals surface area contributed by atoms with Gasteiger partial charge in [0, 0.05) is 26.4 Å². The molecule has 0 spiro atoms. The van der Waals surface area contributed by atoms with Crippen LogP contribution in [0.1, 0.15) is 164 Å². The number of carbonyl (C=O) groups excluding carboxylic acids is 1. The Morgan fingerprint density at radius 1 is 0.842 bits per heavy atom. The van der Waals surface area contributed by atoms with E-state index < -0.39 is 23.9 Å². The van der Waals surface area contributed by atoms with Gasteiger partial charge in [-0.25, -0.2) is 9.59 Å². The van der Waals surface area contributed by atoms with Crippen LogP contribution in [-0.4, -0.2) is 68.8 Å². The van der Waals surface area contributed by atoms with Crippen molar-refractivity contribution in [2.45, 2.75) is 176 Å². The first kappa shape index (κ1) is 52.9. The van der Waals surface area contributed by atoms with Crippen LogP contribution in [0, 0.1) is 59.2 Å². The Morgan fingerprint density at radius 2 is 1.47 bits per heavy atom. The van der Waals surface area contributed by atoms with E-state index in [1.54, 1.807) is 5.57 Å². The molecule has 0 aliphatic heterocycles. The molecule has 12 heteroatoms. The van der Waals surface area contributed by atoms with Crippen LogP contribution in [0.15, 0.2) is 11.6 Å². The van der Waals surface area contributed by atoms with Gasteiger partial charge in [-0.1, -0.05) is 91.2 Å². The smallest absolute Gasteiger partial charge is 0.677 e. The second-order valence-corrected chi connectivity index (χ2v) is 18.3.